The fourth-order valence-electron chi connectivity index (χ4n) is 3.78. The first-order valence-electron chi connectivity index (χ1n) is 10.5. The van der Waals surface area contributed by atoms with E-state index < -0.39 is 38.7 Å². The van der Waals surface area contributed by atoms with Crippen LogP contribution in [0, 0.1) is 0 Å². The number of nitrogens with zero attached hydrogens (tertiary/aromatic N) is 2. The normalized spacial score (nSPS) is 13.8. The number of rotatable bonds is 8. The number of aromatic nitrogens is 1. The molecule has 0 saturated heterocycles. The molecule has 190 valence electrons. The molecule has 0 fully saturated rings. The van der Waals surface area contributed by atoms with E-state index in [2.05, 4.69) is 0 Å². The molecule has 0 bridgehead atoms. The van der Waals surface area contributed by atoms with Gasteiger partial charge in [0.2, 0.25) is 0 Å². The lowest BCUT2D eigenvalue weighted by Crippen LogP contribution is -2.48. The maximum absolute atomic E-state index is 13.1. The minimum Gasteiger partial charge on any atom is -0.477 e. The summed E-state index contributed by atoms with van der Waals surface area (Å²) in [4.78, 5) is 23.2. The predicted molar refractivity (Wildman–Crippen MR) is 131 cm³/mol. The first-order valence-corrected chi connectivity index (χ1v) is 13.8. The monoisotopic (exact) mass is 553 g/mol. The highest BCUT2D eigenvalue weighted by Gasteiger charge is 2.37. The number of benzene rings is 2. The molecule has 0 spiro atoms. The van der Waals surface area contributed by atoms with E-state index in [1.54, 1.807) is 16.3 Å². The number of sulfonamides is 1. The first-order chi connectivity index (χ1) is 16.9. The summed E-state index contributed by atoms with van der Waals surface area (Å²) in [6.07, 6.45) is 0.628. The number of aromatic carboxylic acids is 1. The second kappa shape index (κ2) is 9.58. The fraction of sp³-hybridized carbons (Fsp3) is 0.182. The second-order valence-corrected chi connectivity index (χ2v) is 11.7. The molecule has 2 aromatic carbocycles. The molecular weight excluding hydrogens is 534 g/mol. The zero-order valence-electron chi connectivity index (χ0n) is 18.7. The Hall–Kier alpha value is -3.39. The molecule has 4 rings (SSSR count). The van der Waals surface area contributed by atoms with Crippen molar-refractivity contribution in [2.45, 2.75) is 24.8 Å². The SMILES string of the molecule is CCCn1c(C(=O)O)ccc1-c1cccc(S(=O)(=O)NS(=O)(=O)N2CC(=O)Oc3c(Cl)cccc32)c1. The van der Waals surface area contributed by atoms with Crippen LogP contribution >= 0.6 is 11.6 Å². The van der Waals surface area contributed by atoms with E-state index in [0.717, 1.165) is 0 Å². The molecule has 0 radical (unpaired) electrons. The minimum atomic E-state index is -4.80. The van der Waals surface area contributed by atoms with E-state index in [1.807, 2.05) is 6.92 Å². The van der Waals surface area contributed by atoms with Crippen molar-refractivity contribution in [2.24, 2.45) is 0 Å². The van der Waals surface area contributed by atoms with Gasteiger partial charge in [0.15, 0.2) is 5.75 Å². The van der Waals surface area contributed by atoms with E-state index in [4.69, 9.17) is 16.3 Å². The molecule has 36 heavy (non-hydrogen) atoms. The van der Waals surface area contributed by atoms with Gasteiger partial charge >= 0.3 is 22.1 Å². The summed E-state index contributed by atoms with van der Waals surface area (Å²) in [7, 11) is -9.45. The first kappa shape index (κ1) is 25.7. The number of ether oxygens (including phenoxy) is 1. The van der Waals surface area contributed by atoms with Gasteiger partial charge in [0.25, 0.3) is 10.0 Å². The van der Waals surface area contributed by atoms with Crippen molar-refractivity contribution in [2.75, 3.05) is 10.8 Å². The Labute approximate surface area is 212 Å². The number of carbonyl (C=O) groups is 2. The van der Waals surface area contributed by atoms with Crippen LogP contribution in [0.5, 0.6) is 5.75 Å². The molecule has 2 heterocycles. The summed E-state index contributed by atoms with van der Waals surface area (Å²) >= 11 is 6.01. The molecule has 1 aliphatic rings. The summed E-state index contributed by atoms with van der Waals surface area (Å²) in [6, 6.07) is 12.5. The van der Waals surface area contributed by atoms with Crippen LogP contribution in [0.3, 0.4) is 0 Å². The third-order valence-corrected chi connectivity index (χ3v) is 9.09. The van der Waals surface area contributed by atoms with E-state index in [0.29, 0.717) is 28.5 Å². The number of hydrogen-bond acceptors (Lipinski definition) is 7. The van der Waals surface area contributed by atoms with Gasteiger partial charge in [-0.3, -0.25) is 0 Å². The third-order valence-electron chi connectivity index (χ3n) is 5.30. The number of fused-ring (bicyclic) bond motifs is 1. The molecule has 0 unspecified atom stereocenters. The van der Waals surface area contributed by atoms with Gasteiger partial charge in [-0.2, -0.15) is 8.42 Å². The quantitative estimate of drug-likeness (QED) is 0.319. The van der Waals surface area contributed by atoms with E-state index in [1.165, 1.54) is 47.0 Å². The molecule has 11 nitrogen and oxygen atoms in total. The lowest BCUT2D eigenvalue weighted by Gasteiger charge is -2.29. The van der Waals surface area contributed by atoms with Gasteiger partial charge < -0.3 is 14.4 Å². The number of carboxylic acids is 1. The largest absolute Gasteiger partial charge is 0.477 e. The van der Waals surface area contributed by atoms with Crippen LogP contribution in [0.2, 0.25) is 5.02 Å². The summed E-state index contributed by atoms with van der Waals surface area (Å²) in [5.74, 6) is -2.27. The van der Waals surface area contributed by atoms with Gasteiger partial charge in [-0.05, 0) is 48.4 Å². The molecule has 0 aliphatic carbocycles. The van der Waals surface area contributed by atoms with Crippen LogP contribution in [-0.4, -0.2) is 45.0 Å². The average Bonchev–Trinajstić information content (AvgIpc) is 3.23. The number of hydrogen-bond donors (Lipinski definition) is 2. The summed E-state index contributed by atoms with van der Waals surface area (Å²) in [5.41, 5.74) is 0.763. The third kappa shape index (κ3) is 4.82. The average molecular weight is 554 g/mol. The van der Waals surface area contributed by atoms with Crippen LogP contribution in [0.1, 0.15) is 23.8 Å². The van der Waals surface area contributed by atoms with Gasteiger partial charge in [0.1, 0.15) is 12.2 Å². The van der Waals surface area contributed by atoms with Crippen LogP contribution in [-0.2, 0) is 31.6 Å². The van der Waals surface area contributed by atoms with Crippen molar-refractivity contribution in [1.29, 1.82) is 0 Å². The molecule has 2 N–H and O–H groups in total. The number of anilines is 1. The van der Waals surface area contributed by atoms with Gasteiger partial charge in [0, 0.05) is 12.2 Å². The topological polar surface area (TPSA) is 152 Å². The van der Waals surface area contributed by atoms with Gasteiger partial charge in [-0.1, -0.05) is 40.9 Å². The Morgan fingerprint density at radius 1 is 1.11 bits per heavy atom. The number of carboxylic acid groups (broad SMARTS) is 1. The van der Waals surface area contributed by atoms with Crippen LogP contribution in [0.4, 0.5) is 5.69 Å². The summed E-state index contributed by atoms with van der Waals surface area (Å²) < 4.78 is 61.1. The minimum absolute atomic E-state index is 0.0212. The predicted octanol–water partition coefficient (Wildman–Crippen LogP) is 2.87. The zero-order valence-corrected chi connectivity index (χ0v) is 21.1. The van der Waals surface area contributed by atoms with E-state index in [-0.39, 0.29) is 27.0 Å². The fourth-order valence-corrected chi connectivity index (χ4v) is 7.06. The number of carbonyl (C=O) groups excluding carboxylic acids is 1. The maximum Gasteiger partial charge on any atom is 0.352 e. The summed E-state index contributed by atoms with van der Waals surface area (Å²) in [5, 5.41) is 9.43. The Bertz CT molecular complexity index is 1580. The van der Waals surface area contributed by atoms with Crippen molar-refractivity contribution in [1.82, 2.24) is 8.69 Å². The number of para-hydroxylation sites is 1. The van der Waals surface area contributed by atoms with Crippen molar-refractivity contribution in [3.05, 3.63) is 65.3 Å². The Morgan fingerprint density at radius 2 is 1.83 bits per heavy atom. The highest BCUT2D eigenvalue weighted by Crippen LogP contribution is 2.39. The molecule has 1 aliphatic heterocycles. The number of halogens is 1. The van der Waals surface area contributed by atoms with Crippen LogP contribution in [0.15, 0.2) is 59.5 Å². The lowest BCUT2D eigenvalue weighted by atomic mass is 10.1. The molecule has 0 atom stereocenters. The summed E-state index contributed by atoms with van der Waals surface area (Å²) in [6.45, 7) is 1.48. The van der Waals surface area contributed by atoms with Crippen LogP contribution in [0.25, 0.3) is 11.3 Å². The molecule has 3 aromatic rings. The van der Waals surface area contributed by atoms with Crippen molar-refractivity contribution >= 4 is 49.5 Å². The van der Waals surface area contributed by atoms with Crippen molar-refractivity contribution in [3.8, 4) is 17.0 Å². The van der Waals surface area contributed by atoms with Crippen LogP contribution < -0.4 is 13.2 Å². The van der Waals surface area contributed by atoms with E-state index >= 15 is 0 Å². The molecule has 0 amide bonds. The smallest absolute Gasteiger partial charge is 0.352 e. The highest BCUT2D eigenvalue weighted by atomic mass is 35.5. The van der Waals surface area contributed by atoms with Crippen molar-refractivity contribution in [3.63, 3.8) is 0 Å². The lowest BCUT2D eigenvalue weighted by molar-refractivity contribution is -0.133. The number of nitrogens with one attached hydrogen (secondary N) is 1. The van der Waals surface area contributed by atoms with Gasteiger partial charge in [-0.15, -0.1) is 0 Å². The standard InChI is InChI=1S/C22H20ClN3O8S2/c1-2-11-25-17(9-10-19(25)22(28)29)14-5-3-6-15(12-14)35(30,31)24-36(32,33)26-13-20(27)34-21-16(23)7-4-8-18(21)26/h3-10,12,24H,2,11,13H2,1H3,(H,28,29). The van der Waals surface area contributed by atoms with Gasteiger partial charge in [-0.25, -0.2) is 22.3 Å². The Kier molecular flexibility index (Phi) is 6.84. The Balaban J connectivity index is 1.70. The highest BCUT2D eigenvalue weighted by molar-refractivity contribution is 8.05. The molecule has 14 heteroatoms. The second-order valence-electron chi connectivity index (χ2n) is 7.75. The Morgan fingerprint density at radius 3 is 2.53 bits per heavy atom. The molecule has 1 aromatic heterocycles. The maximum atomic E-state index is 13.1. The molecular formula is C22H20ClN3O8S2. The zero-order chi connectivity index (χ0) is 26.3. The van der Waals surface area contributed by atoms with Gasteiger partial charge in [0.05, 0.1) is 15.6 Å². The van der Waals surface area contributed by atoms with E-state index in [9.17, 15) is 31.5 Å². The number of esters is 1. The van der Waals surface area contributed by atoms with Crippen molar-refractivity contribution < 1.29 is 36.3 Å². The molecule has 0 saturated carbocycles.